The van der Waals surface area contributed by atoms with E-state index in [1.165, 1.54) is 33.4 Å². The highest BCUT2D eigenvalue weighted by Crippen LogP contribution is 2.46. The molecule has 0 radical (unpaired) electrons. The van der Waals surface area contributed by atoms with Crippen LogP contribution in [0.4, 0.5) is 17.1 Å². The number of nitrogens with zero attached hydrogens (tertiary/aromatic N) is 2. The molecule has 2 heterocycles. The van der Waals surface area contributed by atoms with Gasteiger partial charge in [0.15, 0.2) is 5.58 Å². The summed E-state index contributed by atoms with van der Waals surface area (Å²) in [5.41, 5.74) is 17.5. The third-order valence-electron chi connectivity index (χ3n) is 11.4. The molecule has 0 aliphatic rings. The Labute approximate surface area is 343 Å². The van der Waals surface area contributed by atoms with Crippen molar-refractivity contribution in [1.82, 2.24) is 4.57 Å². The van der Waals surface area contributed by atoms with Crippen LogP contribution in [0.2, 0.25) is 0 Å². The van der Waals surface area contributed by atoms with E-state index in [1.807, 2.05) is 0 Å². The number of aromatic nitrogens is 1. The van der Waals surface area contributed by atoms with Crippen molar-refractivity contribution in [2.75, 3.05) is 4.90 Å². The van der Waals surface area contributed by atoms with Gasteiger partial charge in [-0.3, -0.25) is 0 Å². The summed E-state index contributed by atoms with van der Waals surface area (Å²) < 4.78 is 9.36. The summed E-state index contributed by atoms with van der Waals surface area (Å²) in [6.07, 6.45) is 0. The molecule has 11 rings (SSSR count). The maximum absolute atomic E-state index is 7.03. The zero-order valence-corrected chi connectivity index (χ0v) is 32.2. The monoisotopic (exact) mass is 754 g/mol. The summed E-state index contributed by atoms with van der Waals surface area (Å²) in [6.45, 7) is 0. The Morgan fingerprint density at radius 1 is 0.322 bits per heavy atom. The van der Waals surface area contributed by atoms with E-state index in [-0.39, 0.29) is 0 Å². The highest BCUT2D eigenvalue weighted by atomic mass is 16.3. The maximum Gasteiger partial charge on any atom is 0.161 e. The first kappa shape index (κ1) is 34.4. The van der Waals surface area contributed by atoms with Gasteiger partial charge in [-0.1, -0.05) is 170 Å². The molecule has 0 N–H and O–H groups in total. The lowest BCUT2D eigenvalue weighted by atomic mass is 9.98. The molecule has 0 unspecified atom stereocenters. The molecular weight excluding hydrogens is 717 g/mol. The summed E-state index contributed by atoms with van der Waals surface area (Å²) in [6, 6.07) is 82.1. The second-order valence-electron chi connectivity index (χ2n) is 14.9. The standard InChI is InChI=1S/C56H38N2O/c1-4-15-39(16-5-1)41-27-29-42(30-28-41)44-33-37-47(38-34-44)57(46-35-31-43(32-36-46)40-17-6-2-7-18-40)52-25-12-10-21-48(52)49-23-14-24-51-54-56(59-55(49)51)50-22-11-13-26-53(50)58(54)45-19-8-3-9-20-45/h1-38H. The molecule has 0 aliphatic carbocycles. The molecule has 2 aromatic heterocycles. The minimum Gasteiger partial charge on any atom is -0.453 e. The lowest BCUT2D eigenvalue weighted by molar-refractivity contribution is 0.674. The van der Waals surface area contributed by atoms with E-state index in [4.69, 9.17) is 4.42 Å². The third kappa shape index (κ3) is 6.08. The average Bonchev–Trinajstić information content (AvgIpc) is 3.86. The highest BCUT2D eigenvalue weighted by molar-refractivity contribution is 6.19. The van der Waals surface area contributed by atoms with E-state index in [0.717, 1.165) is 66.8 Å². The molecule has 0 saturated heterocycles. The van der Waals surface area contributed by atoms with Crippen LogP contribution in [0.15, 0.2) is 235 Å². The van der Waals surface area contributed by atoms with Crippen LogP contribution in [0.25, 0.3) is 83.2 Å². The number of benzene rings is 9. The molecule has 278 valence electrons. The van der Waals surface area contributed by atoms with Gasteiger partial charge >= 0.3 is 0 Å². The molecule has 0 spiro atoms. The SMILES string of the molecule is c1ccc(-c2ccc(-c3ccc(N(c4ccc(-c5ccccc5)cc4)c4ccccc4-c4cccc5c4oc4c6ccccc6n(-c6ccccc6)c54)cc3)cc2)cc1. The van der Waals surface area contributed by atoms with Crippen molar-refractivity contribution in [3.05, 3.63) is 231 Å². The molecule has 0 fully saturated rings. The van der Waals surface area contributed by atoms with Crippen molar-refractivity contribution >= 4 is 50.0 Å². The smallest absolute Gasteiger partial charge is 0.161 e. The number of hydrogen-bond acceptors (Lipinski definition) is 2. The lowest BCUT2D eigenvalue weighted by Gasteiger charge is -2.28. The molecule has 0 amide bonds. The average molecular weight is 755 g/mol. The molecule has 0 aliphatic heterocycles. The van der Waals surface area contributed by atoms with Crippen LogP contribution in [0, 0.1) is 0 Å². The van der Waals surface area contributed by atoms with Gasteiger partial charge in [-0.15, -0.1) is 0 Å². The van der Waals surface area contributed by atoms with Crippen molar-refractivity contribution in [3.8, 4) is 50.2 Å². The number of fused-ring (bicyclic) bond motifs is 5. The molecule has 0 bridgehead atoms. The van der Waals surface area contributed by atoms with Crippen molar-refractivity contribution < 1.29 is 4.42 Å². The van der Waals surface area contributed by atoms with Crippen LogP contribution < -0.4 is 4.90 Å². The molecule has 11 aromatic rings. The van der Waals surface area contributed by atoms with Gasteiger partial charge in [0.25, 0.3) is 0 Å². The van der Waals surface area contributed by atoms with Gasteiger partial charge in [-0.2, -0.15) is 0 Å². The summed E-state index contributed by atoms with van der Waals surface area (Å²) >= 11 is 0. The zero-order valence-electron chi connectivity index (χ0n) is 32.2. The molecule has 9 aromatic carbocycles. The Kier molecular flexibility index (Phi) is 8.49. The summed E-state index contributed by atoms with van der Waals surface area (Å²) in [5.74, 6) is 0. The minimum absolute atomic E-state index is 0.869. The fraction of sp³-hybridized carbons (Fsp3) is 0. The predicted octanol–water partition coefficient (Wildman–Crippen LogP) is 15.7. The quantitative estimate of drug-likeness (QED) is 0.154. The number of furan rings is 1. The first-order chi connectivity index (χ1) is 29.3. The Balaban J connectivity index is 1.06. The Bertz CT molecular complexity index is 3220. The van der Waals surface area contributed by atoms with Crippen LogP contribution in [0.5, 0.6) is 0 Å². The Morgan fingerprint density at radius 2 is 0.763 bits per heavy atom. The lowest BCUT2D eigenvalue weighted by Crippen LogP contribution is -2.11. The molecule has 59 heavy (non-hydrogen) atoms. The van der Waals surface area contributed by atoms with Crippen LogP contribution >= 0.6 is 0 Å². The van der Waals surface area contributed by atoms with Crippen LogP contribution in [-0.4, -0.2) is 4.57 Å². The van der Waals surface area contributed by atoms with Crippen molar-refractivity contribution in [3.63, 3.8) is 0 Å². The third-order valence-corrected chi connectivity index (χ3v) is 11.4. The van der Waals surface area contributed by atoms with Gasteiger partial charge in [0.2, 0.25) is 0 Å². The highest BCUT2D eigenvalue weighted by Gasteiger charge is 2.24. The van der Waals surface area contributed by atoms with Crippen LogP contribution in [-0.2, 0) is 0 Å². The molecule has 0 atom stereocenters. The first-order valence-corrected chi connectivity index (χ1v) is 20.1. The van der Waals surface area contributed by atoms with Gasteiger partial charge in [0.05, 0.1) is 11.2 Å². The first-order valence-electron chi connectivity index (χ1n) is 20.1. The van der Waals surface area contributed by atoms with E-state index in [1.54, 1.807) is 0 Å². The molecular formula is C56H38N2O. The minimum atomic E-state index is 0.869. The topological polar surface area (TPSA) is 21.3 Å². The zero-order chi connectivity index (χ0) is 39.1. The van der Waals surface area contributed by atoms with Gasteiger partial charge in [-0.25, -0.2) is 0 Å². The van der Waals surface area contributed by atoms with Crippen molar-refractivity contribution in [2.24, 2.45) is 0 Å². The number of anilines is 3. The molecule has 3 nitrogen and oxygen atoms in total. The Morgan fingerprint density at radius 3 is 1.36 bits per heavy atom. The van der Waals surface area contributed by atoms with Gasteiger partial charge in [0, 0.05) is 39.0 Å². The maximum atomic E-state index is 7.03. The predicted molar refractivity (Wildman–Crippen MR) is 247 cm³/mol. The normalized spacial score (nSPS) is 11.4. The van der Waals surface area contributed by atoms with E-state index < -0.39 is 0 Å². The van der Waals surface area contributed by atoms with Crippen molar-refractivity contribution in [1.29, 1.82) is 0 Å². The van der Waals surface area contributed by atoms with Gasteiger partial charge in [0.1, 0.15) is 11.1 Å². The van der Waals surface area contributed by atoms with Crippen LogP contribution in [0.1, 0.15) is 0 Å². The second kappa shape index (κ2) is 14.6. The summed E-state index contributed by atoms with van der Waals surface area (Å²) in [4.78, 5) is 2.37. The largest absolute Gasteiger partial charge is 0.453 e. The van der Waals surface area contributed by atoms with E-state index in [2.05, 4.69) is 240 Å². The number of hydrogen-bond donors (Lipinski definition) is 0. The number of para-hydroxylation sites is 4. The van der Waals surface area contributed by atoms with Gasteiger partial charge in [-0.05, 0) is 94.0 Å². The fourth-order valence-electron chi connectivity index (χ4n) is 8.59. The molecule has 3 heteroatoms. The fourth-order valence-corrected chi connectivity index (χ4v) is 8.59. The van der Waals surface area contributed by atoms with E-state index >= 15 is 0 Å². The number of rotatable bonds is 8. The summed E-state index contributed by atoms with van der Waals surface area (Å²) in [5, 5.41) is 2.17. The van der Waals surface area contributed by atoms with E-state index in [0.29, 0.717) is 0 Å². The van der Waals surface area contributed by atoms with Gasteiger partial charge < -0.3 is 13.9 Å². The molecule has 0 saturated carbocycles. The van der Waals surface area contributed by atoms with Crippen LogP contribution in [0.3, 0.4) is 0 Å². The Hall–Kier alpha value is -7.88. The van der Waals surface area contributed by atoms with E-state index in [9.17, 15) is 0 Å². The summed E-state index contributed by atoms with van der Waals surface area (Å²) in [7, 11) is 0. The van der Waals surface area contributed by atoms with Crippen molar-refractivity contribution in [2.45, 2.75) is 0 Å². The second-order valence-corrected chi connectivity index (χ2v) is 14.9.